The molecule has 136 valence electrons. The van der Waals surface area contributed by atoms with Crippen molar-refractivity contribution in [3.8, 4) is 11.5 Å². The van der Waals surface area contributed by atoms with Crippen LogP contribution in [0.1, 0.15) is 33.4 Å². The largest absolute Gasteiger partial charge is 0.436 e. The van der Waals surface area contributed by atoms with E-state index in [-0.39, 0.29) is 17.9 Å². The van der Waals surface area contributed by atoms with Crippen molar-refractivity contribution >= 4 is 17.4 Å². The van der Waals surface area contributed by atoms with Crippen LogP contribution in [0.15, 0.2) is 24.3 Å². The van der Waals surface area contributed by atoms with Gasteiger partial charge in [-0.3, -0.25) is 0 Å². The van der Waals surface area contributed by atoms with E-state index in [1.807, 2.05) is 38.1 Å². The Labute approximate surface area is 148 Å². The minimum Gasteiger partial charge on any atom is -0.423 e. The van der Waals surface area contributed by atoms with Gasteiger partial charge in [0.15, 0.2) is 0 Å². The first-order chi connectivity index (χ1) is 11.7. The topological polar surface area (TPSA) is 58.9 Å². The van der Waals surface area contributed by atoms with Crippen molar-refractivity contribution in [1.82, 2.24) is 0 Å². The molecule has 2 rings (SSSR count). The van der Waals surface area contributed by atoms with E-state index in [1.54, 1.807) is 13.8 Å². The molecule has 4 nitrogen and oxygen atoms in total. The average molecular weight is 388 g/mol. The Balaban J connectivity index is 2.52. The lowest BCUT2D eigenvalue weighted by Gasteiger charge is -2.18. The molecule has 0 aliphatic heterocycles. The van der Waals surface area contributed by atoms with E-state index < -0.39 is 17.4 Å². The van der Waals surface area contributed by atoms with Crippen LogP contribution in [-0.4, -0.2) is 9.79 Å². The van der Waals surface area contributed by atoms with Gasteiger partial charge in [-0.1, -0.05) is 35.4 Å². The van der Waals surface area contributed by atoms with Gasteiger partial charge in [-0.05, 0) is 49.9 Å². The smallest absolute Gasteiger partial charge is 0.423 e. The number of rotatable bonds is 6. The first-order valence-electron chi connectivity index (χ1n) is 7.53. The zero-order valence-corrected chi connectivity index (χ0v) is 16.2. The fourth-order valence-electron chi connectivity index (χ4n) is 2.96. The summed E-state index contributed by atoms with van der Waals surface area (Å²) in [5.74, 6) is 0.525. The molecule has 0 heterocycles. The summed E-state index contributed by atoms with van der Waals surface area (Å²) in [4.78, 5) is 18.0. The van der Waals surface area contributed by atoms with E-state index in [1.165, 1.54) is 0 Å². The molecule has 2 atom stereocenters. The zero-order valence-electron chi connectivity index (χ0n) is 14.4. The molecule has 0 aliphatic carbocycles. The van der Waals surface area contributed by atoms with E-state index in [4.69, 9.17) is 18.8 Å². The van der Waals surface area contributed by atoms with Crippen LogP contribution in [0.5, 0.6) is 11.5 Å². The van der Waals surface area contributed by atoms with Crippen molar-refractivity contribution in [2.75, 3.05) is 0 Å². The van der Waals surface area contributed by atoms with Gasteiger partial charge in [0, 0.05) is 6.42 Å². The highest BCUT2D eigenvalue weighted by Crippen LogP contribution is 2.43. The molecule has 0 fully saturated rings. The second-order valence-electron chi connectivity index (χ2n) is 5.95. The molecule has 0 bridgehead atoms. The van der Waals surface area contributed by atoms with Gasteiger partial charge < -0.3 is 18.8 Å². The molecule has 0 aliphatic rings. The van der Waals surface area contributed by atoms with Crippen LogP contribution in [0.3, 0.4) is 0 Å². The quantitative estimate of drug-likeness (QED) is 0.629. The molecule has 2 aromatic carbocycles. The van der Waals surface area contributed by atoms with E-state index in [9.17, 15) is 8.39 Å². The number of benzene rings is 2. The van der Waals surface area contributed by atoms with Crippen LogP contribution in [0.4, 0.5) is 8.39 Å². The van der Waals surface area contributed by atoms with E-state index in [0.717, 1.165) is 11.1 Å². The van der Waals surface area contributed by atoms with Crippen molar-refractivity contribution < 1.29 is 27.2 Å². The predicted octanol–water partition coefficient (Wildman–Crippen LogP) is 5.65. The minimum atomic E-state index is -3.06. The lowest BCUT2D eigenvalue weighted by Crippen LogP contribution is -2.00. The maximum Gasteiger partial charge on any atom is 0.436 e. The summed E-state index contributed by atoms with van der Waals surface area (Å²) >= 11 is 0. The Kier molecular flexibility index (Phi) is 6.70. The summed E-state index contributed by atoms with van der Waals surface area (Å²) in [5.41, 5.74) is 4.57. The normalized spacial score (nSPS) is 13.4. The molecule has 25 heavy (non-hydrogen) atoms. The molecular formula is C17H20F2O4P2. The van der Waals surface area contributed by atoms with Crippen LogP contribution in [-0.2, 0) is 6.42 Å². The lowest BCUT2D eigenvalue weighted by molar-refractivity contribution is 0.428. The highest BCUT2D eigenvalue weighted by atomic mass is 31.2. The molecule has 0 radical (unpaired) electrons. The second kappa shape index (κ2) is 8.37. The van der Waals surface area contributed by atoms with Gasteiger partial charge in [0.1, 0.15) is 11.5 Å². The number of halogens is 2. The number of hydrogen-bond acceptors (Lipinski definition) is 4. The van der Waals surface area contributed by atoms with Gasteiger partial charge >= 0.3 is 17.4 Å². The summed E-state index contributed by atoms with van der Waals surface area (Å²) in [5, 5.41) is 0. The van der Waals surface area contributed by atoms with Crippen LogP contribution in [0.2, 0.25) is 0 Å². The lowest BCUT2D eigenvalue weighted by atomic mass is 9.96. The van der Waals surface area contributed by atoms with Crippen molar-refractivity contribution in [3.05, 3.63) is 57.6 Å². The number of aryl methyl sites for hydroxylation is 4. The summed E-state index contributed by atoms with van der Waals surface area (Å²) in [6.07, 6.45) is 0.280. The van der Waals surface area contributed by atoms with Crippen molar-refractivity contribution in [1.29, 1.82) is 0 Å². The molecule has 2 unspecified atom stereocenters. The fraction of sp³-hybridized carbons (Fsp3) is 0.294. The SMILES string of the molecule is Cc1cc(C)c(OP(O)F)c(Cc2cc(C)cc(C)c2OP(O)F)c1. The maximum absolute atomic E-state index is 13.1. The van der Waals surface area contributed by atoms with Gasteiger partial charge in [-0.25, -0.2) is 0 Å². The van der Waals surface area contributed by atoms with Gasteiger partial charge in [-0.2, -0.15) is 0 Å². The van der Waals surface area contributed by atoms with Gasteiger partial charge in [0.05, 0.1) is 0 Å². The standard InChI is InChI=1S/C17H20F2O4P2/c1-10-5-12(3)16(22-24(18)20)14(7-10)9-15-8-11(2)6-13(4)17(15)23-25(19)21/h5-8,20-21H,9H2,1-4H3. The van der Waals surface area contributed by atoms with Gasteiger partial charge in [0.25, 0.3) is 0 Å². The summed E-state index contributed by atoms with van der Waals surface area (Å²) < 4.78 is 36.1. The van der Waals surface area contributed by atoms with E-state index >= 15 is 0 Å². The molecule has 8 heteroatoms. The van der Waals surface area contributed by atoms with E-state index in [2.05, 4.69) is 0 Å². The molecule has 0 saturated heterocycles. The molecule has 0 saturated carbocycles. The first-order valence-corrected chi connectivity index (χ1v) is 9.73. The fourth-order valence-corrected chi connectivity index (χ4v) is 3.79. The molecule has 0 aromatic heterocycles. The molecular weight excluding hydrogens is 368 g/mol. The third-order valence-electron chi connectivity index (χ3n) is 3.71. The Hall–Kier alpha value is -1.32. The third-order valence-corrected chi connectivity index (χ3v) is 4.37. The van der Waals surface area contributed by atoms with Crippen molar-refractivity contribution in [2.24, 2.45) is 0 Å². The molecule has 2 N–H and O–H groups in total. The predicted molar refractivity (Wildman–Crippen MR) is 96.4 cm³/mol. The van der Waals surface area contributed by atoms with Crippen molar-refractivity contribution in [2.45, 2.75) is 34.1 Å². The third kappa shape index (κ3) is 5.32. The second-order valence-corrected chi connectivity index (χ2v) is 7.22. The monoisotopic (exact) mass is 388 g/mol. The van der Waals surface area contributed by atoms with Crippen LogP contribution >= 0.6 is 17.4 Å². The molecule has 2 aromatic rings. The van der Waals surface area contributed by atoms with Crippen LogP contribution in [0.25, 0.3) is 0 Å². The molecule has 0 amide bonds. The van der Waals surface area contributed by atoms with Crippen LogP contribution in [0, 0.1) is 27.7 Å². The molecule has 0 spiro atoms. The highest BCUT2D eigenvalue weighted by Gasteiger charge is 2.19. The summed E-state index contributed by atoms with van der Waals surface area (Å²) in [6, 6.07) is 7.29. The van der Waals surface area contributed by atoms with E-state index in [0.29, 0.717) is 22.3 Å². The number of hydrogen-bond donors (Lipinski definition) is 2. The Morgan fingerprint density at radius 1 is 0.760 bits per heavy atom. The Morgan fingerprint density at radius 3 is 1.44 bits per heavy atom. The zero-order chi connectivity index (χ0) is 18.7. The summed E-state index contributed by atoms with van der Waals surface area (Å²) in [6.45, 7) is 7.31. The van der Waals surface area contributed by atoms with Gasteiger partial charge in [0.2, 0.25) is 0 Å². The first kappa shape index (κ1) is 20.0. The van der Waals surface area contributed by atoms with Gasteiger partial charge in [-0.15, -0.1) is 8.39 Å². The van der Waals surface area contributed by atoms with Crippen LogP contribution < -0.4 is 9.05 Å². The van der Waals surface area contributed by atoms with Crippen molar-refractivity contribution in [3.63, 3.8) is 0 Å². The highest BCUT2D eigenvalue weighted by molar-refractivity contribution is 7.40. The Bertz CT molecular complexity index is 703. The minimum absolute atomic E-state index is 0.262. The average Bonchev–Trinajstić information content (AvgIpc) is 2.45. The maximum atomic E-state index is 13.1. The Morgan fingerprint density at radius 2 is 1.12 bits per heavy atom. The summed E-state index contributed by atoms with van der Waals surface area (Å²) in [7, 11) is -6.11.